The molecule has 0 radical (unpaired) electrons. The topological polar surface area (TPSA) is 193 Å². The number of carbonyl (C=O) groups excluding carboxylic acids is 3. The van der Waals surface area contributed by atoms with E-state index >= 15 is 4.39 Å². The number of nitrogens with one attached hydrogen (secondary N) is 2. The number of anilines is 3. The zero-order chi connectivity index (χ0) is 40.5. The van der Waals surface area contributed by atoms with Gasteiger partial charge in [-0.1, -0.05) is 6.07 Å². The van der Waals surface area contributed by atoms with Gasteiger partial charge in [-0.05, 0) is 76.3 Å². The standard InChI is InChI=1S/C39H43FN12O5S/c1-22(2)52-31-16-33(44-32-8-11-41-36(45-32)25-17-43-51(21-25)58(56,57)27-4-5-27)42-18-28(31)37(47-52)49-12-9-26(10-13-49)48(3)19-23-14-24-20-50(39(55)35(24)29(40)15-23)30-6-7-34(53)46-38(30)54/h8,11,14-18,21-22,26-27,30H,4-7,9-10,12-13,19-20H2,1-3H3,(H,46,53,54)(H,41,42,44,45). The minimum absolute atomic E-state index is 0.00211. The Labute approximate surface area is 333 Å². The van der Waals surface area contributed by atoms with Gasteiger partial charge in [0.25, 0.3) is 15.9 Å². The average Bonchev–Trinajstić information content (AvgIpc) is 3.68. The van der Waals surface area contributed by atoms with Crippen LogP contribution in [0.5, 0.6) is 0 Å². The first-order valence-corrected chi connectivity index (χ1v) is 21.0. The molecule has 5 aromatic rings. The summed E-state index contributed by atoms with van der Waals surface area (Å²) < 4.78 is 43.7. The minimum Gasteiger partial charge on any atom is -0.354 e. The molecule has 58 heavy (non-hydrogen) atoms. The molecule has 7 heterocycles. The Morgan fingerprint density at radius 3 is 2.55 bits per heavy atom. The summed E-state index contributed by atoms with van der Waals surface area (Å²) in [6.45, 7) is 6.29. The van der Waals surface area contributed by atoms with Gasteiger partial charge in [-0.15, -0.1) is 0 Å². The highest BCUT2D eigenvalue weighted by Gasteiger charge is 2.41. The number of nitrogens with zero attached hydrogens (tertiary/aromatic N) is 10. The fourth-order valence-electron chi connectivity index (χ4n) is 8.24. The van der Waals surface area contributed by atoms with Gasteiger partial charge in [0.05, 0.1) is 39.7 Å². The van der Waals surface area contributed by atoms with Crippen LogP contribution in [0.4, 0.5) is 21.8 Å². The molecule has 1 atom stereocenters. The van der Waals surface area contributed by atoms with Crippen molar-refractivity contribution in [3.63, 3.8) is 0 Å². The predicted molar refractivity (Wildman–Crippen MR) is 211 cm³/mol. The van der Waals surface area contributed by atoms with E-state index in [2.05, 4.69) is 49.3 Å². The van der Waals surface area contributed by atoms with Crippen LogP contribution in [0.1, 0.15) is 79.9 Å². The van der Waals surface area contributed by atoms with E-state index < -0.39 is 33.7 Å². The maximum atomic E-state index is 15.4. The summed E-state index contributed by atoms with van der Waals surface area (Å²) in [5.74, 6) is 0.247. The Balaban J connectivity index is 0.858. The predicted octanol–water partition coefficient (Wildman–Crippen LogP) is 3.75. The van der Waals surface area contributed by atoms with E-state index in [-0.39, 0.29) is 48.2 Å². The minimum atomic E-state index is -3.51. The van der Waals surface area contributed by atoms with E-state index in [4.69, 9.17) is 10.1 Å². The van der Waals surface area contributed by atoms with Crippen LogP contribution in [0.15, 0.2) is 49.1 Å². The number of benzene rings is 1. The quantitative estimate of drug-likeness (QED) is 0.184. The first-order valence-electron chi connectivity index (χ1n) is 19.5. The molecule has 2 N–H and O–H groups in total. The van der Waals surface area contributed by atoms with Crippen LogP contribution in [0.25, 0.3) is 22.3 Å². The lowest BCUT2D eigenvalue weighted by Crippen LogP contribution is -2.52. The fraction of sp³-hybridized carbons (Fsp3) is 0.436. The van der Waals surface area contributed by atoms with Crippen molar-refractivity contribution in [2.45, 2.75) is 88.8 Å². The molecule has 4 aromatic heterocycles. The molecule has 1 aromatic carbocycles. The molecule has 9 rings (SSSR count). The molecule has 302 valence electrons. The zero-order valence-corrected chi connectivity index (χ0v) is 33.1. The van der Waals surface area contributed by atoms with Gasteiger partial charge in [0.15, 0.2) is 11.6 Å². The third-order valence-electron chi connectivity index (χ3n) is 11.5. The van der Waals surface area contributed by atoms with E-state index in [0.717, 1.165) is 52.3 Å². The van der Waals surface area contributed by atoms with Crippen LogP contribution in [0.2, 0.25) is 0 Å². The number of halogens is 1. The first kappa shape index (κ1) is 37.7. The van der Waals surface area contributed by atoms with E-state index in [1.165, 1.54) is 23.4 Å². The molecule has 1 unspecified atom stereocenters. The SMILES string of the molecule is CC(C)n1nc(N2CCC(N(C)Cc3cc(F)c4c(c3)CN(C3CCC(=O)NC3=O)C4=O)CC2)c2cnc(Nc3ccnc(-c4cnn(S(=O)(=O)C5CC5)c4)n3)cc21. The lowest BCUT2D eigenvalue weighted by atomic mass is 10.0. The number of pyridine rings is 1. The molecule has 1 saturated carbocycles. The summed E-state index contributed by atoms with van der Waals surface area (Å²) >= 11 is 0. The van der Waals surface area contributed by atoms with Crippen LogP contribution in [0, 0.1) is 5.82 Å². The Kier molecular flexibility index (Phi) is 9.45. The van der Waals surface area contributed by atoms with Crippen LogP contribution >= 0.6 is 0 Å². The first-order chi connectivity index (χ1) is 27.8. The molecule has 1 aliphatic carbocycles. The molecule has 0 bridgehead atoms. The van der Waals surface area contributed by atoms with Crippen molar-refractivity contribution in [3.05, 3.63) is 71.6 Å². The van der Waals surface area contributed by atoms with Gasteiger partial charge in [-0.25, -0.2) is 27.8 Å². The van der Waals surface area contributed by atoms with Crippen molar-refractivity contribution in [3.8, 4) is 11.4 Å². The van der Waals surface area contributed by atoms with Crippen LogP contribution in [0.3, 0.4) is 0 Å². The number of carbonyl (C=O) groups is 3. The smallest absolute Gasteiger partial charge is 0.258 e. The van der Waals surface area contributed by atoms with E-state index in [0.29, 0.717) is 48.0 Å². The molecule has 19 heteroatoms. The Bertz CT molecular complexity index is 2580. The van der Waals surface area contributed by atoms with Crippen molar-refractivity contribution in [1.29, 1.82) is 0 Å². The van der Waals surface area contributed by atoms with Crippen molar-refractivity contribution in [1.82, 2.24) is 49.0 Å². The number of hydrogen-bond donors (Lipinski definition) is 2. The number of imide groups is 1. The van der Waals surface area contributed by atoms with Gasteiger partial charge in [0.1, 0.15) is 23.5 Å². The number of aromatic nitrogens is 7. The Hall–Kier alpha value is -5.82. The maximum absolute atomic E-state index is 15.4. The highest BCUT2D eigenvalue weighted by Crippen LogP contribution is 2.35. The summed E-state index contributed by atoms with van der Waals surface area (Å²) in [4.78, 5) is 56.8. The van der Waals surface area contributed by atoms with Crippen molar-refractivity contribution < 1.29 is 27.2 Å². The van der Waals surface area contributed by atoms with Crippen molar-refractivity contribution in [2.75, 3.05) is 30.4 Å². The second-order valence-electron chi connectivity index (χ2n) is 15.8. The largest absolute Gasteiger partial charge is 0.354 e. The highest BCUT2D eigenvalue weighted by atomic mass is 32.2. The average molecular weight is 811 g/mol. The molecular weight excluding hydrogens is 768 g/mol. The number of fused-ring (bicyclic) bond motifs is 2. The van der Waals surface area contributed by atoms with Gasteiger partial charge in [0, 0.05) is 63.1 Å². The Morgan fingerprint density at radius 2 is 1.81 bits per heavy atom. The van der Waals surface area contributed by atoms with Gasteiger partial charge < -0.3 is 15.1 Å². The van der Waals surface area contributed by atoms with Gasteiger partial charge in [-0.2, -0.15) is 14.3 Å². The summed E-state index contributed by atoms with van der Waals surface area (Å²) in [7, 11) is -1.48. The molecule has 17 nitrogen and oxygen atoms in total. The number of rotatable bonds is 11. The lowest BCUT2D eigenvalue weighted by Gasteiger charge is -2.37. The Morgan fingerprint density at radius 1 is 1.02 bits per heavy atom. The lowest BCUT2D eigenvalue weighted by molar-refractivity contribution is -0.136. The number of hydrogen-bond acceptors (Lipinski definition) is 13. The third kappa shape index (κ3) is 6.95. The van der Waals surface area contributed by atoms with Gasteiger partial charge in [-0.3, -0.25) is 29.3 Å². The van der Waals surface area contributed by atoms with Crippen LogP contribution < -0.4 is 15.5 Å². The summed E-state index contributed by atoms with van der Waals surface area (Å²) in [6, 6.07) is 6.45. The van der Waals surface area contributed by atoms with Crippen molar-refractivity contribution in [2.24, 2.45) is 0 Å². The monoisotopic (exact) mass is 810 g/mol. The summed E-state index contributed by atoms with van der Waals surface area (Å²) in [5, 5.41) is 15.2. The van der Waals surface area contributed by atoms with Crippen LogP contribution in [-0.2, 0) is 32.7 Å². The molecule has 4 aliphatic rings. The number of piperidine rings is 2. The summed E-state index contributed by atoms with van der Waals surface area (Å²) in [6.07, 6.45) is 9.68. The zero-order valence-electron chi connectivity index (χ0n) is 32.3. The maximum Gasteiger partial charge on any atom is 0.258 e. The fourth-order valence-corrected chi connectivity index (χ4v) is 9.71. The highest BCUT2D eigenvalue weighted by molar-refractivity contribution is 7.90. The normalized spacial score (nSPS) is 19.1. The third-order valence-corrected chi connectivity index (χ3v) is 13.5. The summed E-state index contributed by atoms with van der Waals surface area (Å²) in [5.41, 5.74) is 2.72. The molecule has 3 amide bonds. The molecule has 0 spiro atoms. The van der Waals surface area contributed by atoms with Crippen LogP contribution in [-0.4, -0.2) is 107 Å². The molecule has 3 aliphatic heterocycles. The second kappa shape index (κ2) is 14.5. The van der Waals surface area contributed by atoms with Gasteiger partial charge in [0.2, 0.25) is 11.8 Å². The van der Waals surface area contributed by atoms with Crippen molar-refractivity contribution >= 4 is 56.1 Å². The molecule has 3 fully saturated rings. The van der Waals surface area contributed by atoms with E-state index in [1.54, 1.807) is 12.3 Å². The van der Waals surface area contributed by atoms with E-state index in [9.17, 15) is 22.8 Å². The second-order valence-corrected chi connectivity index (χ2v) is 17.9. The van der Waals surface area contributed by atoms with E-state index in [1.807, 2.05) is 30.1 Å². The van der Waals surface area contributed by atoms with Gasteiger partial charge >= 0.3 is 0 Å². The number of amides is 3. The molecular formula is C39H43FN12O5S. The molecule has 2 saturated heterocycles.